The fraction of sp³-hybridized carbons (Fsp3) is 0.647. The van der Waals surface area contributed by atoms with E-state index in [1.54, 1.807) is 11.1 Å². The molecule has 18 heavy (non-hydrogen) atoms. The van der Waals surface area contributed by atoms with E-state index >= 15 is 0 Å². The quantitative estimate of drug-likeness (QED) is 0.794. The average molecular weight is 245 g/mol. The molecular formula is C17H27N. The first-order chi connectivity index (χ1) is 8.54. The predicted octanol–water partition coefficient (Wildman–Crippen LogP) is 3.89. The second-order valence-corrected chi connectivity index (χ2v) is 6.59. The van der Waals surface area contributed by atoms with Crippen LogP contribution >= 0.6 is 0 Å². The Morgan fingerprint density at radius 1 is 1.06 bits per heavy atom. The number of hydrogen-bond acceptors (Lipinski definition) is 1. The van der Waals surface area contributed by atoms with Gasteiger partial charge >= 0.3 is 0 Å². The summed E-state index contributed by atoms with van der Waals surface area (Å²) < 4.78 is 0. The van der Waals surface area contributed by atoms with Crippen LogP contribution in [-0.2, 0) is 19.3 Å². The van der Waals surface area contributed by atoms with Crippen molar-refractivity contribution in [2.75, 3.05) is 6.54 Å². The Bertz CT molecular complexity index is 387. The molecule has 1 N–H and O–H groups in total. The summed E-state index contributed by atoms with van der Waals surface area (Å²) >= 11 is 0. The summed E-state index contributed by atoms with van der Waals surface area (Å²) in [6, 6.07) is 7.15. The van der Waals surface area contributed by atoms with Crippen LogP contribution in [0.15, 0.2) is 18.2 Å². The third kappa shape index (κ3) is 4.13. The molecule has 0 saturated carbocycles. The van der Waals surface area contributed by atoms with E-state index in [1.807, 2.05) is 0 Å². The molecule has 0 bridgehead atoms. The van der Waals surface area contributed by atoms with Gasteiger partial charge in [-0.1, -0.05) is 18.2 Å². The first-order valence-electron chi connectivity index (χ1n) is 7.40. The molecule has 0 aliphatic heterocycles. The van der Waals surface area contributed by atoms with Crippen LogP contribution in [0.1, 0.15) is 56.7 Å². The van der Waals surface area contributed by atoms with Crippen molar-refractivity contribution >= 4 is 0 Å². The molecule has 1 aliphatic rings. The summed E-state index contributed by atoms with van der Waals surface area (Å²) in [5.74, 6) is 0. The van der Waals surface area contributed by atoms with Gasteiger partial charge in [-0.2, -0.15) is 0 Å². The zero-order valence-electron chi connectivity index (χ0n) is 12.2. The summed E-state index contributed by atoms with van der Waals surface area (Å²) in [7, 11) is 0. The van der Waals surface area contributed by atoms with E-state index in [2.05, 4.69) is 44.3 Å². The topological polar surface area (TPSA) is 12.0 Å². The van der Waals surface area contributed by atoms with Gasteiger partial charge < -0.3 is 5.32 Å². The van der Waals surface area contributed by atoms with Crippen LogP contribution in [0.4, 0.5) is 0 Å². The molecule has 1 aliphatic carbocycles. The average Bonchev–Trinajstić information content (AvgIpc) is 2.33. The molecule has 0 saturated heterocycles. The van der Waals surface area contributed by atoms with Gasteiger partial charge in [0.25, 0.3) is 0 Å². The van der Waals surface area contributed by atoms with E-state index < -0.39 is 0 Å². The highest BCUT2D eigenvalue weighted by Crippen LogP contribution is 2.22. The van der Waals surface area contributed by atoms with Gasteiger partial charge in [0.2, 0.25) is 0 Å². The van der Waals surface area contributed by atoms with Crippen molar-refractivity contribution in [3.63, 3.8) is 0 Å². The third-order valence-electron chi connectivity index (χ3n) is 3.71. The van der Waals surface area contributed by atoms with Crippen molar-refractivity contribution < 1.29 is 0 Å². The Morgan fingerprint density at radius 2 is 1.78 bits per heavy atom. The molecule has 1 aromatic carbocycles. The summed E-state index contributed by atoms with van der Waals surface area (Å²) in [6.45, 7) is 7.80. The first kappa shape index (κ1) is 13.6. The van der Waals surface area contributed by atoms with Gasteiger partial charge in [0.1, 0.15) is 0 Å². The normalized spacial score (nSPS) is 15.5. The Morgan fingerprint density at radius 3 is 2.50 bits per heavy atom. The van der Waals surface area contributed by atoms with Gasteiger partial charge in [-0.15, -0.1) is 0 Å². The molecule has 0 atom stereocenters. The number of aryl methyl sites for hydroxylation is 3. The Balaban J connectivity index is 1.83. The number of nitrogens with one attached hydrogen (secondary N) is 1. The second-order valence-electron chi connectivity index (χ2n) is 6.59. The molecule has 0 amide bonds. The molecule has 2 rings (SSSR count). The lowest BCUT2D eigenvalue weighted by molar-refractivity contribution is 0.422. The maximum atomic E-state index is 3.55. The summed E-state index contributed by atoms with van der Waals surface area (Å²) in [6.07, 6.45) is 7.78. The van der Waals surface area contributed by atoms with Crippen LogP contribution in [0.2, 0.25) is 0 Å². The molecule has 100 valence electrons. The molecule has 0 radical (unpaired) electrons. The van der Waals surface area contributed by atoms with Crippen molar-refractivity contribution in [3.8, 4) is 0 Å². The van der Waals surface area contributed by atoms with E-state index in [-0.39, 0.29) is 5.54 Å². The molecule has 0 fully saturated rings. The van der Waals surface area contributed by atoms with Gasteiger partial charge in [-0.25, -0.2) is 0 Å². The molecule has 0 unspecified atom stereocenters. The zero-order valence-corrected chi connectivity index (χ0v) is 12.2. The van der Waals surface area contributed by atoms with Crippen LogP contribution in [0.3, 0.4) is 0 Å². The molecular weight excluding hydrogens is 218 g/mol. The molecule has 0 heterocycles. The van der Waals surface area contributed by atoms with Crippen LogP contribution in [-0.4, -0.2) is 12.1 Å². The standard InChI is InChI=1S/C17H27N/c1-17(2,3)18-12-6-7-14-10-11-15-8-4-5-9-16(15)13-14/h10-11,13,18H,4-9,12H2,1-3H3. The Kier molecular flexibility index (Phi) is 4.45. The monoisotopic (exact) mass is 245 g/mol. The number of benzene rings is 1. The lowest BCUT2D eigenvalue weighted by atomic mass is 9.90. The van der Waals surface area contributed by atoms with Gasteiger partial charge in [-0.05, 0) is 82.5 Å². The van der Waals surface area contributed by atoms with Crippen molar-refractivity contribution in [3.05, 3.63) is 34.9 Å². The minimum Gasteiger partial charge on any atom is -0.312 e. The zero-order chi connectivity index (χ0) is 13.0. The molecule has 0 spiro atoms. The maximum Gasteiger partial charge on any atom is 0.00965 e. The third-order valence-corrected chi connectivity index (χ3v) is 3.71. The van der Waals surface area contributed by atoms with Crippen molar-refractivity contribution in [1.29, 1.82) is 0 Å². The van der Waals surface area contributed by atoms with E-state index in [9.17, 15) is 0 Å². The highest BCUT2D eigenvalue weighted by atomic mass is 14.9. The SMILES string of the molecule is CC(C)(C)NCCCc1ccc2c(c1)CCCC2. The predicted molar refractivity (Wildman–Crippen MR) is 79.2 cm³/mol. The smallest absolute Gasteiger partial charge is 0.00965 e. The van der Waals surface area contributed by atoms with Crippen LogP contribution in [0, 0.1) is 0 Å². The first-order valence-corrected chi connectivity index (χ1v) is 7.40. The lowest BCUT2D eigenvalue weighted by Gasteiger charge is -2.20. The second kappa shape index (κ2) is 5.88. The van der Waals surface area contributed by atoms with Crippen molar-refractivity contribution in [2.45, 2.75) is 64.8 Å². The van der Waals surface area contributed by atoms with Crippen LogP contribution < -0.4 is 5.32 Å². The lowest BCUT2D eigenvalue weighted by Crippen LogP contribution is -2.36. The van der Waals surface area contributed by atoms with E-state index in [4.69, 9.17) is 0 Å². The van der Waals surface area contributed by atoms with Gasteiger partial charge in [0.05, 0.1) is 0 Å². The highest BCUT2D eigenvalue weighted by molar-refractivity contribution is 5.33. The Labute approximate surface area is 112 Å². The fourth-order valence-electron chi connectivity index (χ4n) is 2.70. The maximum absolute atomic E-state index is 3.55. The molecule has 0 aromatic heterocycles. The minimum absolute atomic E-state index is 0.246. The minimum atomic E-state index is 0.246. The molecule has 1 aromatic rings. The van der Waals surface area contributed by atoms with Crippen LogP contribution in [0.5, 0.6) is 0 Å². The van der Waals surface area contributed by atoms with E-state index in [0.717, 1.165) is 6.54 Å². The van der Waals surface area contributed by atoms with E-state index in [0.29, 0.717) is 0 Å². The molecule has 1 nitrogen and oxygen atoms in total. The van der Waals surface area contributed by atoms with Gasteiger partial charge in [-0.3, -0.25) is 0 Å². The summed E-state index contributed by atoms with van der Waals surface area (Å²) in [5, 5.41) is 3.55. The Hall–Kier alpha value is -0.820. The highest BCUT2D eigenvalue weighted by Gasteiger charge is 2.10. The summed E-state index contributed by atoms with van der Waals surface area (Å²) in [4.78, 5) is 0. The fourth-order valence-corrected chi connectivity index (χ4v) is 2.70. The number of rotatable bonds is 4. The van der Waals surface area contributed by atoms with Crippen molar-refractivity contribution in [1.82, 2.24) is 5.32 Å². The number of fused-ring (bicyclic) bond motifs is 1. The van der Waals surface area contributed by atoms with Gasteiger partial charge in [0.15, 0.2) is 0 Å². The van der Waals surface area contributed by atoms with E-state index in [1.165, 1.54) is 44.1 Å². The van der Waals surface area contributed by atoms with Crippen LogP contribution in [0.25, 0.3) is 0 Å². The molecule has 1 heteroatoms. The largest absolute Gasteiger partial charge is 0.312 e. The van der Waals surface area contributed by atoms with Crippen molar-refractivity contribution in [2.24, 2.45) is 0 Å². The number of hydrogen-bond donors (Lipinski definition) is 1. The van der Waals surface area contributed by atoms with Gasteiger partial charge in [0, 0.05) is 5.54 Å². The summed E-state index contributed by atoms with van der Waals surface area (Å²) in [5.41, 5.74) is 4.97.